The van der Waals surface area contributed by atoms with Crippen molar-refractivity contribution in [1.82, 2.24) is 4.90 Å². The largest absolute Gasteiger partial charge is 0.342 e. The number of nitrogens with zero attached hydrogens (tertiary/aromatic N) is 1. The Morgan fingerprint density at radius 3 is 2.33 bits per heavy atom. The number of rotatable bonds is 3. The SMILES string of the molecule is Cc1ccccc1SC1CCN(C(=O)C2CCS(=O)(=O)CC2)CC1. The number of aryl methyl sites for hydroxylation is 1. The number of amides is 1. The molecule has 4 nitrogen and oxygen atoms in total. The first-order chi connectivity index (χ1) is 11.4. The molecular formula is C18H25NO3S2. The molecule has 0 N–H and O–H groups in total. The minimum Gasteiger partial charge on any atom is -0.342 e. The molecule has 0 spiro atoms. The van der Waals surface area contributed by atoms with Crippen LogP contribution in [0.15, 0.2) is 29.2 Å². The molecule has 2 heterocycles. The lowest BCUT2D eigenvalue weighted by Crippen LogP contribution is -2.44. The van der Waals surface area contributed by atoms with E-state index >= 15 is 0 Å². The molecule has 0 saturated carbocycles. The van der Waals surface area contributed by atoms with Crippen molar-refractivity contribution in [3.05, 3.63) is 29.8 Å². The van der Waals surface area contributed by atoms with Crippen LogP contribution in [0.25, 0.3) is 0 Å². The summed E-state index contributed by atoms with van der Waals surface area (Å²) in [6.07, 6.45) is 3.02. The van der Waals surface area contributed by atoms with Gasteiger partial charge in [-0.3, -0.25) is 4.79 Å². The van der Waals surface area contributed by atoms with Gasteiger partial charge in [0.2, 0.25) is 5.91 Å². The van der Waals surface area contributed by atoms with Crippen LogP contribution >= 0.6 is 11.8 Å². The highest BCUT2D eigenvalue weighted by Crippen LogP contribution is 2.33. The van der Waals surface area contributed by atoms with Gasteiger partial charge in [0.1, 0.15) is 9.84 Å². The standard InChI is InChI=1S/C18H25NO3S2/c1-14-4-2-3-5-17(14)23-16-6-10-19(11-7-16)18(20)15-8-12-24(21,22)13-9-15/h2-5,15-16H,6-13H2,1H3. The number of hydrogen-bond donors (Lipinski definition) is 0. The van der Waals surface area contributed by atoms with Crippen LogP contribution in [-0.2, 0) is 14.6 Å². The van der Waals surface area contributed by atoms with Gasteiger partial charge in [-0.1, -0.05) is 18.2 Å². The zero-order valence-corrected chi connectivity index (χ0v) is 15.7. The van der Waals surface area contributed by atoms with Crippen molar-refractivity contribution in [2.24, 2.45) is 5.92 Å². The van der Waals surface area contributed by atoms with Crippen molar-refractivity contribution in [3.63, 3.8) is 0 Å². The zero-order valence-electron chi connectivity index (χ0n) is 14.1. The highest BCUT2D eigenvalue weighted by atomic mass is 32.2. The summed E-state index contributed by atoms with van der Waals surface area (Å²) in [5.41, 5.74) is 1.31. The molecule has 2 aliphatic rings. The van der Waals surface area contributed by atoms with Gasteiger partial charge in [-0.15, -0.1) is 11.8 Å². The molecule has 3 rings (SSSR count). The van der Waals surface area contributed by atoms with Gasteiger partial charge in [0.05, 0.1) is 11.5 Å². The van der Waals surface area contributed by atoms with Gasteiger partial charge in [0.25, 0.3) is 0 Å². The molecule has 24 heavy (non-hydrogen) atoms. The molecule has 6 heteroatoms. The molecule has 0 unspecified atom stereocenters. The zero-order chi connectivity index (χ0) is 17.2. The maximum Gasteiger partial charge on any atom is 0.225 e. The Morgan fingerprint density at radius 2 is 1.71 bits per heavy atom. The third-order valence-electron chi connectivity index (χ3n) is 5.04. The van der Waals surface area contributed by atoms with Crippen LogP contribution in [0.5, 0.6) is 0 Å². The highest BCUT2D eigenvalue weighted by molar-refractivity contribution is 8.00. The number of benzene rings is 1. The monoisotopic (exact) mass is 367 g/mol. The maximum absolute atomic E-state index is 12.6. The van der Waals surface area contributed by atoms with E-state index in [2.05, 4.69) is 31.2 Å². The molecule has 0 aliphatic carbocycles. The first-order valence-electron chi connectivity index (χ1n) is 8.66. The predicted octanol–water partition coefficient (Wildman–Crippen LogP) is 2.90. The third kappa shape index (κ3) is 4.33. The van der Waals surface area contributed by atoms with Gasteiger partial charge >= 0.3 is 0 Å². The van der Waals surface area contributed by atoms with E-state index in [1.165, 1.54) is 10.5 Å². The van der Waals surface area contributed by atoms with E-state index in [4.69, 9.17) is 0 Å². The summed E-state index contributed by atoms with van der Waals surface area (Å²) in [4.78, 5) is 15.9. The summed E-state index contributed by atoms with van der Waals surface area (Å²) < 4.78 is 23.0. The number of carbonyl (C=O) groups excluding carboxylic acids is 1. The van der Waals surface area contributed by atoms with Gasteiger partial charge < -0.3 is 4.90 Å². The summed E-state index contributed by atoms with van der Waals surface area (Å²) in [5, 5.41) is 0.557. The second-order valence-electron chi connectivity index (χ2n) is 6.83. The lowest BCUT2D eigenvalue weighted by Gasteiger charge is -2.35. The van der Waals surface area contributed by atoms with Gasteiger partial charge in [-0.2, -0.15) is 0 Å². The molecule has 0 radical (unpaired) electrons. The van der Waals surface area contributed by atoms with Crippen molar-refractivity contribution in [3.8, 4) is 0 Å². The van der Waals surface area contributed by atoms with E-state index in [-0.39, 0.29) is 23.3 Å². The summed E-state index contributed by atoms with van der Waals surface area (Å²) in [7, 11) is -2.90. The molecule has 2 aliphatic heterocycles. The highest BCUT2D eigenvalue weighted by Gasteiger charge is 2.33. The van der Waals surface area contributed by atoms with E-state index in [9.17, 15) is 13.2 Å². The molecule has 132 valence electrons. The summed E-state index contributed by atoms with van der Waals surface area (Å²) in [6.45, 7) is 3.73. The molecule has 0 atom stereocenters. The van der Waals surface area contributed by atoms with Crippen LogP contribution in [0.1, 0.15) is 31.2 Å². The normalized spacial score (nSPS) is 22.5. The van der Waals surface area contributed by atoms with Crippen molar-refractivity contribution in [2.75, 3.05) is 24.6 Å². The van der Waals surface area contributed by atoms with Crippen molar-refractivity contribution in [1.29, 1.82) is 0 Å². The van der Waals surface area contributed by atoms with Crippen molar-refractivity contribution < 1.29 is 13.2 Å². The van der Waals surface area contributed by atoms with Crippen LogP contribution < -0.4 is 0 Å². The Balaban J connectivity index is 1.50. The average molecular weight is 368 g/mol. The van der Waals surface area contributed by atoms with Gasteiger partial charge in [0, 0.05) is 29.2 Å². The average Bonchev–Trinajstić information content (AvgIpc) is 2.57. The fourth-order valence-electron chi connectivity index (χ4n) is 3.46. The van der Waals surface area contributed by atoms with E-state index < -0.39 is 9.84 Å². The van der Waals surface area contributed by atoms with Crippen molar-refractivity contribution in [2.45, 2.75) is 42.8 Å². The lowest BCUT2D eigenvalue weighted by molar-refractivity contribution is -0.136. The smallest absolute Gasteiger partial charge is 0.225 e. The second-order valence-corrected chi connectivity index (χ2v) is 10.5. The Kier molecular flexibility index (Phi) is 5.55. The number of carbonyl (C=O) groups is 1. The van der Waals surface area contributed by atoms with Crippen LogP contribution in [0.4, 0.5) is 0 Å². The molecule has 1 aromatic carbocycles. The van der Waals surface area contributed by atoms with Crippen LogP contribution in [-0.4, -0.2) is 49.1 Å². The number of hydrogen-bond acceptors (Lipinski definition) is 4. The fraction of sp³-hybridized carbons (Fsp3) is 0.611. The summed E-state index contributed by atoms with van der Waals surface area (Å²) in [5.74, 6) is 0.421. The molecule has 0 bridgehead atoms. The van der Waals surface area contributed by atoms with E-state index in [0.717, 1.165) is 25.9 Å². The second kappa shape index (κ2) is 7.48. The van der Waals surface area contributed by atoms with E-state index in [0.29, 0.717) is 18.1 Å². The molecule has 2 fully saturated rings. The third-order valence-corrected chi connectivity index (χ3v) is 8.28. The molecule has 1 amide bonds. The molecule has 0 aromatic heterocycles. The minimum absolute atomic E-state index is 0.0888. The molecule has 2 saturated heterocycles. The van der Waals surface area contributed by atoms with Gasteiger partial charge in [-0.25, -0.2) is 8.42 Å². The molecular weight excluding hydrogens is 342 g/mol. The van der Waals surface area contributed by atoms with Crippen LogP contribution in [0.2, 0.25) is 0 Å². The van der Waals surface area contributed by atoms with Crippen LogP contribution in [0, 0.1) is 12.8 Å². The molecule has 1 aromatic rings. The lowest BCUT2D eigenvalue weighted by atomic mass is 9.99. The predicted molar refractivity (Wildman–Crippen MR) is 98.0 cm³/mol. The summed E-state index contributed by atoms with van der Waals surface area (Å²) in [6, 6.07) is 8.44. The number of sulfone groups is 1. The summed E-state index contributed by atoms with van der Waals surface area (Å²) >= 11 is 1.92. The first kappa shape index (κ1) is 17.8. The maximum atomic E-state index is 12.6. The van der Waals surface area contributed by atoms with Gasteiger partial charge in [0.15, 0.2) is 0 Å². The van der Waals surface area contributed by atoms with E-state index in [1.807, 2.05) is 16.7 Å². The Labute approximate surface area is 148 Å². The van der Waals surface area contributed by atoms with E-state index in [1.54, 1.807) is 0 Å². The number of likely N-dealkylation sites (tertiary alicyclic amines) is 1. The topological polar surface area (TPSA) is 54.5 Å². The quantitative estimate of drug-likeness (QED) is 0.824. The number of piperidine rings is 1. The van der Waals surface area contributed by atoms with Crippen molar-refractivity contribution >= 4 is 27.5 Å². The Hall–Kier alpha value is -1.01. The Bertz CT molecular complexity index is 680. The minimum atomic E-state index is -2.90. The number of thioether (sulfide) groups is 1. The van der Waals surface area contributed by atoms with Gasteiger partial charge in [-0.05, 0) is 44.2 Å². The fourth-order valence-corrected chi connectivity index (χ4v) is 6.17. The first-order valence-corrected chi connectivity index (χ1v) is 11.4. The Morgan fingerprint density at radius 1 is 1.08 bits per heavy atom. The van der Waals surface area contributed by atoms with Crippen LogP contribution in [0.3, 0.4) is 0 Å².